The third kappa shape index (κ3) is 3.82. The van der Waals surface area contributed by atoms with Crippen molar-refractivity contribution in [1.29, 1.82) is 0 Å². The van der Waals surface area contributed by atoms with Crippen LogP contribution in [-0.4, -0.2) is 28.9 Å². The second-order valence-electron chi connectivity index (χ2n) is 4.14. The minimum Gasteiger partial charge on any atom is -0.382 e. The van der Waals surface area contributed by atoms with E-state index in [1.54, 1.807) is 13.2 Å². The first-order valence-electron chi connectivity index (χ1n) is 6.12. The van der Waals surface area contributed by atoms with Gasteiger partial charge in [-0.1, -0.05) is 0 Å². The van der Waals surface area contributed by atoms with Crippen molar-refractivity contribution >= 4 is 0 Å². The Morgan fingerprint density at radius 2 is 2.06 bits per heavy atom. The minimum absolute atomic E-state index is 0.240. The van der Waals surface area contributed by atoms with Gasteiger partial charge in [0.25, 0.3) is 5.56 Å². The van der Waals surface area contributed by atoms with E-state index < -0.39 is 0 Å². The molecule has 0 aromatic carbocycles. The summed E-state index contributed by atoms with van der Waals surface area (Å²) in [5, 5.41) is 3.17. The van der Waals surface area contributed by atoms with Gasteiger partial charge in [0.15, 0.2) is 0 Å². The third-order valence-electron chi connectivity index (χ3n) is 2.68. The normalized spacial score (nSPS) is 10.8. The third-order valence-corrected chi connectivity index (χ3v) is 2.68. The van der Waals surface area contributed by atoms with Crippen molar-refractivity contribution in [2.75, 3.05) is 19.8 Å². The number of nitrogens with zero attached hydrogens (tertiary/aromatic N) is 2. The van der Waals surface area contributed by atoms with Gasteiger partial charge in [0.1, 0.15) is 0 Å². The largest absolute Gasteiger partial charge is 0.382 e. The van der Waals surface area contributed by atoms with Crippen LogP contribution in [0.3, 0.4) is 0 Å². The van der Waals surface area contributed by atoms with Gasteiger partial charge in [-0.2, -0.15) is 0 Å². The molecule has 0 amide bonds. The quantitative estimate of drug-likeness (QED) is 0.673. The van der Waals surface area contributed by atoms with Crippen molar-refractivity contribution in [2.24, 2.45) is 14.1 Å². The van der Waals surface area contributed by atoms with Gasteiger partial charge < -0.3 is 14.6 Å². The number of hydrogen-bond acceptors (Lipinski definition) is 4. The molecule has 0 bridgehead atoms. The Labute approximate surface area is 106 Å². The van der Waals surface area contributed by atoms with Gasteiger partial charge in [-0.25, -0.2) is 4.79 Å². The first kappa shape index (κ1) is 14.7. The molecule has 0 aliphatic rings. The lowest BCUT2D eigenvalue weighted by Crippen LogP contribution is -2.39. The van der Waals surface area contributed by atoms with E-state index >= 15 is 0 Å². The molecule has 0 aliphatic carbocycles. The van der Waals surface area contributed by atoms with Crippen LogP contribution < -0.4 is 16.6 Å². The predicted octanol–water partition coefficient (Wildman–Crippen LogP) is -0.400. The number of rotatable bonds is 7. The second kappa shape index (κ2) is 7.13. The summed E-state index contributed by atoms with van der Waals surface area (Å²) in [4.78, 5) is 23.3. The highest BCUT2D eigenvalue weighted by atomic mass is 16.5. The number of nitrogens with one attached hydrogen (secondary N) is 1. The zero-order valence-electron chi connectivity index (χ0n) is 11.2. The Balaban J connectivity index is 2.53. The molecule has 1 N–H and O–H groups in total. The summed E-state index contributed by atoms with van der Waals surface area (Å²) in [7, 11) is 3.13. The fourth-order valence-corrected chi connectivity index (χ4v) is 1.67. The van der Waals surface area contributed by atoms with Gasteiger partial charge in [-0.3, -0.25) is 9.36 Å². The van der Waals surface area contributed by atoms with Crippen LogP contribution in [0.2, 0.25) is 0 Å². The highest BCUT2D eigenvalue weighted by Gasteiger charge is 2.05. The van der Waals surface area contributed by atoms with Crippen LogP contribution in [0.5, 0.6) is 0 Å². The van der Waals surface area contributed by atoms with Gasteiger partial charge in [0.2, 0.25) is 0 Å². The summed E-state index contributed by atoms with van der Waals surface area (Å²) in [5.74, 6) is 0. The van der Waals surface area contributed by atoms with Crippen LogP contribution in [0.15, 0.2) is 15.8 Å². The minimum atomic E-state index is -0.305. The van der Waals surface area contributed by atoms with E-state index in [1.165, 1.54) is 11.6 Å². The molecule has 102 valence electrons. The number of hydrogen-bond donors (Lipinski definition) is 1. The molecule has 0 spiro atoms. The summed E-state index contributed by atoms with van der Waals surface area (Å²) in [6.45, 7) is 4.65. The van der Waals surface area contributed by atoms with Crippen LogP contribution in [0, 0.1) is 0 Å². The van der Waals surface area contributed by atoms with Gasteiger partial charge in [-0.15, -0.1) is 0 Å². The lowest BCUT2D eigenvalue weighted by atomic mass is 10.3. The SMILES string of the molecule is CCOCCCNCc1cn(C)c(=O)n(C)c1=O. The van der Waals surface area contributed by atoms with Gasteiger partial charge in [-0.05, 0) is 19.9 Å². The van der Waals surface area contributed by atoms with E-state index in [1.807, 2.05) is 6.92 Å². The molecule has 6 heteroatoms. The van der Waals surface area contributed by atoms with Crippen LogP contribution in [0.1, 0.15) is 18.9 Å². The molecule has 18 heavy (non-hydrogen) atoms. The smallest absolute Gasteiger partial charge is 0.330 e. The molecular weight excluding hydrogens is 234 g/mol. The van der Waals surface area contributed by atoms with Crippen LogP contribution in [-0.2, 0) is 25.4 Å². The van der Waals surface area contributed by atoms with Crippen LogP contribution in [0.25, 0.3) is 0 Å². The molecule has 1 heterocycles. The highest BCUT2D eigenvalue weighted by Crippen LogP contribution is 1.88. The van der Waals surface area contributed by atoms with E-state index in [-0.39, 0.29) is 11.2 Å². The summed E-state index contributed by atoms with van der Waals surface area (Å²) in [6.07, 6.45) is 2.49. The van der Waals surface area contributed by atoms with Crippen molar-refractivity contribution in [3.63, 3.8) is 0 Å². The van der Waals surface area contributed by atoms with E-state index in [0.717, 1.165) is 30.7 Å². The van der Waals surface area contributed by atoms with Crippen LogP contribution in [0.4, 0.5) is 0 Å². The Morgan fingerprint density at radius 3 is 2.72 bits per heavy atom. The summed E-state index contributed by atoms with van der Waals surface area (Å²) in [6, 6.07) is 0. The summed E-state index contributed by atoms with van der Waals surface area (Å²) < 4.78 is 7.75. The van der Waals surface area contributed by atoms with Gasteiger partial charge in [0.05, 0.1) is 0 Å². The molecular formula is C12H21N3O3. The maximum atomic E-state index is 11.8. The van der Waals surface area contributed by atoms with Gasteiger partial charge in [0, 0.05) is 45.6 Å². The predicted molar refractivity (Wildman–Crippen MR) is 69.7 cm³/mol. The first-order valence-corrected chi connectivity index (χ1v) is 6.12. The standard InChI is InChI=1S/C12H21N3O3/c1-4-18-7-5-6-13-8-10-9-14(2)12(17)15(3)11(10)16/h9,13H,4-8H2,1-3H3. The van der Waals surface area contributed by atoms with Crippen molar-refractivity contribution in [3.8, 4) is 0 Å². The summed E-state index contributed by atoms with van der Waals surface area (Å²) >= 11 is 0. The second-order valence-corrected chi connectivity index (χ2v) is 4.14. The van der Waals surface area contributed by atoms with E-state index in [9.17, 15) is 9.59 Å². The Kier molecular flexibility index (Phi) is 5.80. The van der Waals surface area contributed by atoms with Crippen molar-refractivity contribution < 1.29 is 4.74 Å². The molecule has 0 atom stereocenters. The monoisotopic (exact) mass is 255 g/mol. The fourth-order valence-electron chi connectivity index (χ4n) is 1.67. The van der Waals surface area contributed by atoms with E-state index in [2.05, 4.69) is 5.32 Å². The van der Waals surface area contributed by atoms with Crippen molar-refractivity contribution in [2.45, 2.75) is 19.9 Å². The fraction of sp³-hybridized carbons (Fsp3) is 0.667. The highest BCUT2D eigenvalue weighted by molar-refractivity contribution is 5.05. The molecule has 1 aromatic heterocycles. The number of aromatic nitrogens is 2. The van der Waals surface area contributed by atoms with Gasteiger partial charge >= 0.3 is 5.69 Å². The lowest BCUT2D eigenvalue weighted by molar-refractivity contribution is 0.144. The number of ether oxygens (including phenoxy) is 1. The van der Waals surface area contributed by atoms with Crippen molar-refractivity contribution in [1.82, 2.24) is 14.5 Å². The first-order chi connectivity index (χ1) is 8.57. The molecule has 0 saturated carbocycles. The van der Waals surface area contributed by atoms with E-state index in [4.69, 9.17) is 4.74 Å². The topological polar surface area (TPSA) is 65.3 Å². The molecule has 0 aliphatic heterocycles. The Bertz CT molecular complexity index is 490. The average molecular weight is 255 g/mol. The van der Waals surface area contributed by atoms with E-state index in [0.29, 0.717) is 12.1 Å². The Hall–Kier alpha value is -1.40. The van der Waals surface area contributed by atoms with Crippen molar-refractivity contribution in [3.05, 3.63) is 32.6 Å². The molecule has 6 nitrogen and oxygen atoms in total. The van der Waals surface area contributed by atoms with Crippen LogP contribution >= 0.6 is 0 Å². The lowest BCUT2D eigenvalue weighted by Gasteiger charge is -2.08. The molecule has 1 aromatic rings. The zero-order valence-corrected chi connectivity index (χ0v) is 11.2. The molecule has 0 unspecified atom stereocenters. The molecule has 1 rings (SSSR count). The Morgan fingerprint density at radius 1 is 1.33 bits per heavy atom. The number of aryl methyl sites for hydroxylation is 1. The zero-order chi connectivity index (χ0) is 13.5. The molecule has 0 fully saturated rings. The maximum absolute atomic E-state index is 11.8. The molecule has 0 saturated heterocycles. The molecule has 0 radical (unpaired) electrons. The maximum Gasteiger partial charge on any atom is 0.330 e. The summed E-state index contributed by atoms with van der Waals surface area (Å²) in [5.41, 5.74) is 0.0477. The average Bonchev–Trinajstić information content (AvgIpc) is 2.37.